The molecule has 5 rings (SSSR count). The molecule has 1 fully saturated rings. The summed E-state index contributed by atoms with van der Waals surface area (Å²) in [5.41, 5.74) is 16.8. The van der Waals surface area contributed by atoms with E-state index < -0.39 is 0 Å². The van der Waals surface area contributed by atoms with Crippen LogP contribution in [0.1, 0.15) is 42.3 Å². The molecule has 28 heavy (non-hydrogen) atoms. The van der Waals surface area contributed by atoms with Crippen LogP contribution in [-0.2, 0) is 0 Å². The Kier molecular flexibility index (Phi) is 4.17. The molecule has 4 aromatic rings. The highest BCUT2D eigenvalue weighted by atomic mass is 32.1. The lowest BCUT2D eigenvalue weighted by molar-refractivity contribution is 0.391. The number of benzene rings is 1. The molecule has 0 aliphatic heterocycles. The fraction of sp³-hybridized carbons (Fsp3) is 0.350. The summed E-state index contributed by atoms with van der Waals surface area (Å²) in [7, 11) is 0. The van der Waals surface area contributed by atoms with Gasteiger partial charge in [0.2, 0.25) is 0 Å². The van der Waals surface area contributed by atoms with Crippen molar-refractivity contribution in [3.05, 3.63) is 41.2 Å². The van der Waals surface area contributed by atoms with E-state index in [9.17, 15) is 0 Å². The van der Waals surface area contributed by atoms with Gasteiger partial charge in [0.1, 0.15) is 5.82 Å². The van der Waals surface area contributed by atoms with Crippen molar-refractivity contribution >= 4 is 44.4 Å². The van der Waals surface area contributed by atoms with E-state index in [1.165, 1.54) is 4.70 Å². The number of aromatic nitrogens is 4. The summed E-state index contributed by atoms with van der Waals surface area (Å²) < 4.78 is 2.97. The van der Waals surface area contributed by atoms with Crippen molar-refractivity contribution < 1.29 is 0 Å². The third kappa shape index (κ3) is 3.18. The molecule has 0 radical (unpaired) electrons. The van der Waals surface area contributed by atoms with Gasteiger partial charge < -0.3 is 16.8 Å². The van der Waals surface area contributed by atoms with Crippen LogP contribution in [0.5, 0.6) is 0 Å². The number of thiazole rings is 1. The summed E-state index contributed by atoms with van der Waals surface area (Å²) in [6, 6.07) is 8.35. The zero-order valence-corrected chi connectivity index (χ0v) is 16.5. The summed E-state index contributed by atoms with van der Waals surface area (Å²) in [4.78, 5) is 9.47. The number of nitrogens with zero attached hydrogens (tertiary/aromatic N) is 4. The molecular weight excluding hydrogens is 370 g/mol. The van der Waals surface area contributed by atoms with Gasteiger partial charge in [0.05, 0.1) is 32.8 Å². The summed E-state index contributed by atoms with van der Waals surface area (Å²) in [6.07, 6.45) is 6.25. The Morgan fingerprint density at radius 1 is 1.14 bits per heavy atom. The second-order valence-electron chi connectivity index (χ2n) is 7.57. The summed E-state index contributed by atoms with van der Waals surface area (Å²) in [5, 5.41) is 8.93. The van der Waals surface area contributed by atoms with Crippen molar-refractivity contribution in [1.29, 1.82) is 0 Å². The third-order valence-corrected chi connectivity index (χ3v) is 6.38. The molecule has 3 heterocycles. The number of aryl methyl sites for hydroxylation is 1. The van der Waals surface area contributed by atoms with E-state index in [1.807, 2.05) is 19.2 Å². The number of anilines is 3. The molecule has 7 nitrogen and oxygen atoms in total. The van der Waals surface area contributed by atoms with Crippen LogP contribution in [0.3, 0.4) is 0 Å². The standard InChI is InChI=1S/C20H23N7S/c1-11-23-15-8-14(6-7-18(15)28-11)24-16-9-19(22)26-27-10-17(25-20(16)27)12-2-4-13(21)5-3-12/h6-10,12-13,24H,2-5,21H2,1H3,(H2,22,26). The molecular formula is C20H23N7S. The Labute approximate surface area is 166 Å². The molecule has 5 N–H and O–H groups in total. The molecule has 0 unspecified atom stereocenters. The van der Waals surface area contributed by atoms with Gasteiger partial charge in [-0.05, 0) is 50.8 Å². The normalized spacial score (nSPS) is 20.1. The van der Waals surface area contributed by atoms with Crippen LogP contribution in [0.15, 0.2) is 30.5 Å². The quantitative estimate of drug-likeness (QED) is 0.486. The lowest BCUT2D eigenvalue weighted by Gasteiger charge is -2.24. The first-order valence-electron chi connectivity index (χ1n) is 9.61. The highest BCUT2D eigenvalue weighted by Crippen LogP contribution is 2.33. The van der Waals surface area contributed by atoms with Crippen LogP contribution in [0.25, 0.3) is 15.9 Å². The van der Waals surface area contributed by atoms with Gasteiger partial charge in [0, 0.05) is 23.7 Å². The van der Waals surface area contributed by atoms with Crippen LogP contribution in [0.2, 0.25) is 0 Å². The second-order valence-corrected chi connectivity index (χ2v) is 8.80. The fourth-order valence-electron chi connectivity index (χ4n) is 3.99. The first-order valence-corrected chi connectivity index (χ1v) is 10.4. The van der Waals surface area contributed by atoms with E-state index in [1.54, 1.807) is 15.9 Å². The Hall–Kier alpha value is -2.71. The van der Waals surface area contributed by atoms with Crippen molar-refractivity contribution in [2.24, 2.45) is 5.73 Å². The molecule has 8 heteroatoms. The Bertz CT molecular complexity index is 1150. The van der Waals surface area contributed by atoms with E-state index in [2.05, 4.69) is 33.6 Å². The number of rotatable bonds is 3. The predicted octanol–water partition coefficient (Wildman–Crippen LogP) is 3.96. The van der Waals surface area contributed by atoms with Crippen molar-refractivity contribution in [1.82, 2.24) is 19.6 Å². The molecule has 1 aromatic carbocycles. The number of hydrogen-bond donors (Lipinski definition) is 3. The molecule has 144 valence electrons. The van der Waals surface area contributed by atoms with Gasteiger partial charge in [-0.3, -0.25) is 0 Å². The number of nitrogen functional groups attached to an aromatic ring is 1. The van der Waals surface area contributed by atoms with Crippen molar-refractivity contribution in [3.8, 4) is 0 Å². The van der Waals surface area contributed by atoms with Gasteiger partial charge in [0.15, 0.2) is 5.65 Å². The van der Waals surface area contributed by atoms with E-state index in [4.69, 9.17) is 16.5 Å². The van der Waals surface area contributed by atoms with Crippen LogP contribution >= 0.6 is 11.3 Å². The zero-order chi connectivity index (χ0) is 19.3. The van der Waals surface area contributed by atoms with E-state index >= 15 is 0 Å². The maximum absolute atomic E-state index is 6.05. The molecule has 0 saturated heterocycles. The van der Waals surface area contributed by atoms with Gasteiger partial charge in [0.25, 0.3) is 0 Å². The van der Waals surface area contributed by atoms with Crippen LogP contribution in [0.4, 0.5) is 17.2 Å². The zero-order valence-electron chi connectivity index (χ0n) is 15.7. The number of nitrogens with one attached hydrogen (secondary N) is 1. The van der Waals surface area contributed by atoms with E-state index in [0.29, 0.717) is 17.8 Å². The Balaban J connectivity index is 1.50. The average Bonchev–Trinajstić information content (AvgIpc) is 3.24. The highest BCUT2D eigenvalue weighted by molar-refractivity contribution is 7.18. The maximum Gasteiger partial charge on any atom is 0.177 e. The monoisotopic (exact) mass is 393 g/mol. The second kappa shape index (κ2) is 6.72. The number of hydrogen-bond acceptors (Lipinski definition) is 7. The summed E-state index contributed by atoms with van der Waals surface area (Å²) >= 11 is 1.70. The fourth-order valence-corrected chi connectivity index (χ4v) is 4.80. The summed E-state index contributed by atoms with van der Waals surface area (Å²) in [6.45, 7) is 2.02. The predicted molar refractivity (Wildman–Crippen MR) is 114 cm³/mol. The largest absolute Gasteiger partial charge is 0.382 e. The number of nitrogens with two attached hydrogens (primary N) is 2. The average molecular weight is 394 g/mol. The molecule has 0 spiro atoms. The van der Waals surface area contributed by atoms with Gasteiger partial charge in [-0.25, -0.2) is 14.5 Å². The van der Waals surface area contributed by atoms with Gasteiger partial charge in [-0.2, -0.15) is 0 Å². The van der Waals surface area contributed by atoms with Crippen molar-refractivity contribution in [2.75, 3.05) is 11.1 Å². The minimum atomic E-state index is 0.323. The van der Waals surface area contributed by atoms with E-state index in [-0.39, 0.29) is 0 Å². The van der Waals surface area contributed by atoms with Crippen molar-refractivity contribution in [2.45, 2.75) is 44.6 Å². The molecule has 0 bridgehead atoms. The molecule has 0 amide bonds. The topological polar surface area (TPSA) is 107 Å². The lowest BCUT2D eigenvalue weighted by Crippen LogP contribution is -2.25. The number of imidazole rings is 1. The minimum absolute atomic E-state index is 0.323. The molecule has 1 aliphatic carbocycles. The van der Waals surface area contributed by atoms with Crippen LogP contribution in [-0.4, -0.2) is 25.6 Å². The Morgan fingerprint density at radius 3 is 2.79 bits per heavy atom. The first-order chi connectivity index (χ1) is 13.5. The molecule has 1 aliphatic rings. The smallest absolute Gasteiger partial charge is 0.177 e. The molecule has 3 aromatic heterocycles. The summed E-state index contributed by atoms with van der Waals surface area (Å²) in [5.74, 6) is 0.889. The Morgan fingerprint density at radius 2 is 1.96 bits per heavy atom. The van der Waals surface area contributed by atoms with Gasteiger partial charge >= 0.3 is 0 Å². The van der Waals surface area contributed by atoms with Gasteiger partial charge in [-0.1, -0.05) is 0 Å². The van der Waals surface area contributed by atoms with Gasteiger partial charge in [-0.15, -0.1) is 16.4 Å². The lowest BCUT2D eigenvalue weighted by atomic mass is 9.85. The third-order valence-electron chi connectivity index (χ3n) is 5.43. The first kappa shape index (κ1) is 17.4. The highest BCUT2D eigenvalue weighted by Gasteiger charge is 2.23. The maximum atomic E-state index is 6.05. The molecule has 0 atom stereocenters. The van der Waals surface area contributed by atoms with Crippen LogP contribution < -0.4 is 16.8 Å². The van der Waals surface area contributed by atoms with Crippen LogP contribution in [0, 0.1) is 6.92 Å². The SMILES string of the molecule is Cc1nc2cc(Nc3cc(N)nn4cc(C5CCC(N)CC5)nc34)ccc2s1. The number of fused-ring (bicyclic) bond motifs is 2. The van der Waals surface area contributed by atoms with Crippen molar-refractivity contribution in [3.63, 3.8) is 0 Å². The molecule has 1 saturated carbocycles. The minimum Gasteiger partial charge on any atom is -0.382 e. The van der Waals surface area contributed by atoms with E-state index in [0.717, 1.165) is 58.9 Å².